The van der Waals surface area contributed by atoms with Gasteiger partial charge in [-0.3, -0.25) is 20.4 Å². The molecule has 0 bridgehead atoms. The number of ether oxygens (including phenoxy) is 2. The topological polar surface area (TPSA) is 76.7 Å². The molecule has 2 aromatic rings. The minimum atomic E-state index is -0.541. The summed E-state index contributed by atoms with van der Waals surface area (Å²) in [5.74, 6) is -0.0272. The Kier molecular flexibility index (Phi) is 10.3. The first-order valence-electron chi connectivity index (χ1n) is 9.50. The quantitative estimate of drug-likeness (QED) is 0.319. The molecule has 9 heteroatoms. The van der Waals surface area contributed by atoms with Crippen LogP contribution in [0.1, 0.15) is 43.0 Å². The van der Waals surface area contributed by atoms with Crippen molar-refractivity contribution in [1.29, 1.82) is 0 Å². The van der Waals surface area contributed by atoms with Crippen molar-refractivity contribution < 1.29 is 19.1 Å². The summed E-state index contributed by atoms with van der Waals surface area (Å²) in [4.78, 5) is 24.1. The molecule has 0 saturated heterocycles. The van der Waals surface area contributed by atoms with Crippen LogP contribution in [0, 0.1) is 0 Å². The Hall–Kier alpha value is -1.96. The van der Waals surface area contributed by atoms with E-state index in [4.69, 9.17) is 32.7 Å². The molecule has 0 aromatic heterocycles. The van der Waals surface area contributed by atoms with Gasteiger partial charge in [-0.2, -0.15) is 0 Å². The second-order valence-corrected chi connectivity index (χ2v) is 8.12. The van der Waals surface area contributed by atoms with E-state index in [0.717, 1.165) is 12.8 Å². The molecule has 30 heavy (non-hydrogen) atoms. The smallest absolute Gasteiger partial charge is 0.276 e. The second-order valence-electron chi connectivity index (χ2n) is 6.42. The van der Waals surface area contributed by atoms with Gasteiger partial charge in [0.1, 0.15) is 11.5 Å². The number of amides is 2. The summed E-state index contributed by atoms with van der Waals surface area (Å²) < 4.78 is 11.7. The van der Waals surface area contributed by atoms with E-state index >= 15 is 0 Å². The third-order valence-corrected chi connectivity index (χ3v) is 5.17. The molecule has 0 heterocycles. The van der Waals surface area contributed by atoms with Crippen LogP contribution in [0.5, 0.6) is 11.5 Å². The molecule has 6 nitrogen and oxygen atoms in total. The van der Waals surface area contributed by atoms with Gasteiger partial charge in [-0.25, -0.2) is 0 Å². The molecule has 0 aliphatic heterocycles. The summed E-state index contributed by atoms with van der Waals surface area (Å²) in [6, 6.07) is 9.63. The number of hydrogen-bond acceptors (Lipinski definition) is 4. The lowest BCUT2D eigenvalue weighted by molar-refractivity contribution is -0.123. The van der Waals surface area contributed by atoms with Gasteiger partial charge in [0.05, 0.1) is 16.1 Å². The van der Waals surface area contributed by atoms with Crippen molar-refractivity contribution >= 4 is 50.9 Å². The summed E-state index contributed by atoms with van der Waals surface area (Å²) in [5.41, 5.74) is 4.99. The van der Waals surface area contributed by atoms with Crippen LogP contribution in [0.15, 0.2) is 40.9 Å². The predicted molar refractivity (Wildman–Crippen MR) is 121 cm³/mol. The van der Waals surface area contributed by atoms with E-state index in [1.165, 1.54) is 18.9 Å². The van der Waals surface area contributed by atoms with Gasteiger partial charge < -0.3 is 9.47 Å². The highest BCUT2D eigenvalue weighted by atomic mass is 79.9. The van der Waals surface area contributed by atoms with E-state index in [9.17, 15) is 9.59 Å². The molecule has 2 N–H and O–H groups in total. The van der Waals surface area contributed by atoms with E-state index < -0.39 is 11.8 Å². The van der Waals surface area contributed by atoms with Crippen LogP contribution >= 0.6 is 39.1 Å². The van der Waals surface area contributed by atoms with Gasteiger partial charge in [0, 0.05) is 10.6 Å². The van der Waals surface area contributed by atoms with E-state index in [2.05, 4.69) is 33.7 Å². The Morgan fingerprint density at radius 2 is 1.73 bits per heavy atom. The van der Waals surface area contributed by atoms with E-state index in [-0.39, 0.29) is 11.6 Å². The second kappa shape index (κ2) is 12.7. The lowest BCUT2D eigenvalue weighted by Crippen LogP contribution is -2.43. The summed E-state index contributed by atoms with van der Waals surface area (Å²) in [5, 5.41) is 0.750. The van der Waals surface area contributed by atoms with Gasteiger partial charge in [-0.05, 0) is 58.7 Å². The molecule has 0 aliphatic carbocycles. The molecule has 2 rings (SSSR count). The van der Waals surface area contributed by atoms with Gasteiger partial charge in [-0.15, -0.1) is 0 Å². The highest BCUT2D eigenvalue weighted by molar-refractivity contribution is 9.10. The van der Waals surface area contributed by atoms with Crippen molar-refractivity contribution in [2.75, 3.05) is 13.2 Å². The number of hydrogen-bond donors (Lipinski definition) is 2. The average molecular weight is 518 g/mol. The van der Waals surface area contributed by atoms with Gasteiger partial charge in [0.15, 0.2) is 6.61 Å². The van der Waals surface area contributed by atoms with Gasteiger partial charge in [0.2, 0.25) is 0 Å². The maximum Gasteiger partial charge on any atom is 0.276 e. The van der Waals surface area contributed by atoms with E-state index in [1.54, 1.807) is 30.3 Å². The molecular weight excluding hydrogens is 495 g/mol. The van der Waals surface area contributed by atoms with Gasteiger partial charge >= 0.3 is 0 Å². The summed E-state index contributed by atoms with van der Waals surface area (Å²) in [6.45, 7) is 2.46. The number of nitrogens with one attached hydrogen (secondary N) is 2. The first kappa shape index (κ1) is 24.3. The van der Waals surface area contributed by atoms with Crippen LogP contribution in [0.2, 0.25) is 10.0 Å². The third-order valence-electron chi connectivity index (χ3n) is 4.02. The number of halogens is 3. The molecular formula is C21H23BrCl2N2O4. The predicted octanol–water partition coefficient (Wildman–Crippen LogP) is 5.56. The molecule has 0 radical (unpaired) electrons. The Bertz CT molecular complexity index is 880. The van der Waals surface area contributed by atoms with Crippen LogP contribution in [-0.4, -0.2) is 25.0 Å². The van der Waals surface area contributed by atoms with Crippen molar-refractivity contribution in [3.63, 3.8) is 0 Å². The molecule has 0 saturated carbocycles. The number of rotatable bonds is 10. The maximum atomic E-state index is 12.2. The Balaban J connectivity index is 1.78. The normalized spacial score (nSPS) is 10.4. The number of hydrazine groups is 1. The summed E-state index contributed by atoms with van der Waals surface area (Å²) in [6.07, 6.45) is 4.47. The number of carbonyl (C=O) groups excluding carboxylic acids is 2. The fourth-order valence-corrected chi connectivity index (χ4v) is 3.40. The lowest BCUT2D eigenvalue weighted by atomic mass is 10.2. The fraction of sp³-hybridized carbons (Fsp3) is 0.333. The van der Waals surface area contributed by atoms with Crippen LogP contribution < -0.4 is 20.3 Å². The Morgan fingerprint density at radius 3 is 2.43 bits per heavy atom. The first-order valence-corrected chi connectivity index (χ1v) is 11.0. The standard InChI is InChI=1S/C21H23BrCl2N2O4/c1-2-3-4-5-10-29-18-8-6-14(11-16(18)22)21(28)26-25-20(27)13-30-19-9-7-15(23)12-17(19)24/h6-9,11-12H,2-5,10,13H2,1H3,(H,25,27)(H,26,28). The zero-order valence-corrected chi connectivity index (χ0v) is 19.6. The lowest BCUT2D eigenvalue weighted by Gasteiger charge is -2.11. The van der Waals surface area contributed by atoms with E-state index in [0.29, 0.717) is 33.2 Å². The van der Waals surface area contributed by atoms with E-state index in [1.807, 2.05) is 0 Å². The monoisotopic (exact) mass is 516 g/mol. The third kappa shape index (κ3) is 8.05. The van der Waals surface area contributed by atoms with Crippen molar-refractivity contribution in [2.45, 2.75) is 32.6 Å². The minimum absolute atomic E-state index is 0.289. The Labute approximate surface area is 194 Å². The molecule has 0 unspecified atom stereocenters. The minimum Gasteiger partial charge on any atom is -0.492 e. The van der Waals surface area contributed by atoms with Crippen molar-refractivity contribution in [3.8, 4) is 11.5 Å². The van der Waals surface area contributed by atoms with Gasteiger partial charge in [0.25, 0.3) is 11.8 Å². The molecule has 0 fully saturated rings. The molecule has 0 spiro atoms. The molecule has 0 aliphatic rings. The summed E-state index contributed by atoms with van der Waals surface area (Å²) >= 11 is 15.2. The van der Waals surface area contributed by atoms with Crippen molar-refractivity contribution in [1.82, 2.24) is 10.9 Å². The van der Waals surface area contributed by atoms with Gasteiger partial charge in [-0.1, -0.05) is 49.4 Å². The average Bonchev–Trinajstić information content (AvgIpc) is 2.72. The molecule has 0 atom stereocenters. The first-order chi connectivity index (χ1) is 14.4. The highest BCUT2D eigenvalue weighted by Crippen LogP contribution is 2.27. The van der Waals surface area contributed by atoms with Crippen LogP contribution in [-0.2, 0) is 4.79 Å². The zero-order chi connectivity index (χ0) is 21.9. The van der Waals surface area contributed by atoms with Crippen LogP contribution in [0.25, 0.3) is 0 Å². The van der Waals surface area contributed by atoms with Crippen molar-refractivity contribution in [2.24, 2.45) is 0 Å². The SMILES string of the molecule is CCCCCCOc1ccc(C(=O)NNC(=O)COc2ccc(Cl)cc2Cl)cc1Br. The number of carbonyl (C=O) groups is 2. The number of benzene rings is 2. The maximum absolute atomic E-state index is 12.2. The molecule has 2 amide bonds. The zero-order valence-electron chi connectivity index (χ0n) is 16.5. The highest BCUT2D eigenvalue weighted by Gasteiger charge is 2.11. The van der Waals surface area contributed by atoms with Crippen molar-refractivity contribution in [3.05, 3.63) is 56.5 Å². The largest absolute Gasteiger partial charge is 0.492 e. The molecule has 162 valence electrons. The fourth-order valence-electron chi connectivity index (χ4n) is 2.44. The summed E-state index contributed by atoms with van der Waals surface area (Å²) in [7, 11) is 0. The van der Waals surface area contributed by atoms with Crippen LogP contribution in [0.3, 0.4) is 0 Å². The van der Waals surface area contributed by atoms with Crippen LogP contribution in [0.4, 0.5) is 0 Å². The molecule has 2 aromatic carbocycles. The number of unbranched alkanes of at least 4 members (excludes halogenated alkanes) is 3. The Morgan fingerprint density at radius 1 is 0.967 bits per heavy atom.